The van der Waals surface area contributed by atoms with Gasteiger partial charge in [0.05, 0.1) is 11.6 Å². The van der Waals surface area contributed by atoms with Crippen LogP contribution in [0.2, 0.25) is 5.15 Å². The smallest absolute Gasteiger partial charge is 0.355 e. The van der Waals surface area contributed by atoms with Crippen molar-refractivity contribution < 1.29 is 9.90 Å². The van der Waals surface area contributed by atoms with Crippen LogP contribution in [0.5, 0.6) is 0 Å². The number of rotatable bonds is 7. The first-order valence-corrected chi connectivity index (χ1v) is 11.2. The lowest BCUT2D eigenvalue weighted by Gasteiger charge is -2.10. The van der Waals surface area contributed by atoms with Crippen molar-refractivity contribution in [2.75, 3.05) is 0 Å². The molecule has 0 saturated heterocycles. The molecule has 2 aromatic carbocycles. The van der Waals surface area contributed by atoms with Gasteiger partial charge in [0.25, 0.3) is 0 Å². The molecule has 5 nitrogen and oxygen atoms in total. The van der Waals surface area contributed by atoms with Gasteiger partial charge >= 0.3 is 5.97 Å². The lowest BCUT2D eigenvalue weighted by atomic mass is 10.1. The summed E-state index contributed by atoms with van der Waals surface area (Å²) in [5.74, 6) is -0.384. The summed E-state index contributed by atoms with van der Waals surface area (Å²) in [6.07, 6.45) is 2.58. The van der Waals surface area contributed by atoms with Crippen LogP contribution in [-0.2, 0) is 13.0 Å². The number of aromatic nitrogens is 2. The van der Waals surface area contributed by atoms with Gasteiger partial charge in [0.15, 0.2) is 10.8 Å². The van der Waals surface area contributed by atoms with E-state index in [1.165, 1.54) is 0 Å². The molecule has 0 aliphatic heterocycles. The SMILES string of the molecule is CCCCc1nc(Cl)c(C(=O)O)n1Cc1ccc2sc(-c3ccccc3C#N)cc2c1. The number of halogens is 1. The molecular formula is C24H20ClN3O2S. The summed E-state index contributed by atoms with van der Waals surface area (Å²) in [6.45, 7) is 2.47. The molecular weight excluding hydrogens is 430 g/mol. The normalized spacial score (nSPS) is 11.0. The molecule has 31 heavy (non-hydrogen) atoms. The second-order valence-electron chi connectivity index (χ2n) is 7.30. The van der Waals surface area contributed by atoms with Crippen LogP contribution in [0.15, 0.2) is 48.5 Å². The fraction of sp³-hybridized carbons (Fsp3) is 0.208. The van der Waals surface area contributed by atoms with Gasteiger partial charge in [-0.2, -0.15) is 5.26 Å². The summed E-state index contributed by atoms with van der Waals surface area (Å²) in [6, 6.07) is 18.0. The number of aromatic carboxylic acids is 1. The lowest BCUT2D eigenvalue weighted by Crippen LogP contribution is -2.13. The average Bonchev–Trinajstić information content (AvgIpc) is 3.32. The van der Waals surface area contributed by atoms with Gasteiger partial charge in [-0.25, -0.2) is 9.78 Å². The molecule has 156 valence electrons. The molecule has 7 heteroatoms. The first-order chi connectivity index (χ1) is 15.0. The van der Waals surface area contributed by atoms with Gasteiger partial charge < -0.3 is 9.67 Å². The minimum atomic E-state index is -1.08. The summed E-state index contributed by atoms with van der Waals surface area (Å²) in [7, 11) is 0. The Bertz CT molecular complexity index is 1320. The van der Waals surface area contributed by atoms with Crippen LogP contribution in [0.4, 0.5) is 0 Å². The van der Waals surface area contributed by atoms with Crippen molar-refractivity contribution >= 4 is 39.0 Å². The predicted octanol–water partition coefficient (Wildman–Crippen LogP) is 6.38. The Morgan fingerprint density at radius 1 is 1.26 bits per heavy atom. The van der Waals surface area contributed by atoms with Crippen molar-refractivity contribution in [3.63, 3.8) is 0 Å². The Balaban J connectivity index is 1.72. The number of thiophene rings is 1. The van der Waals surface area contributed by atoms with Gasteiger partial charge in [-0.1, -0.05) is 49.2 Å². The van der Waals surface area contributed by atoms with Crippen LogP contribution in [0.1, 0.15) is 47.2 Å². The zero-order valence-corrected chi connectivity index (χ0v) is 18.5. The molecule has 0 aliphatic rings. The number of benzene rings is 2. The maximum absolute atomic E-state index is 11.8. The summed E-state index contributed by atoms with van der Waals surface area (Å²) in [4.78, 5) is 17.1. The van der Waals surface area contributed by atoms with E-state index >= 15 is 0 Å². The van der Waals surface area contributed by atoms with Crippen LogP contribution in [0.25, 0.3) is 20.5 Å². The molecule has 0 aliphatic carbocycles. The maximum Gasteiger partial charge on any atom is 0.355 e. The van der Waals surface area contributed by atoms with Crippen LogP contribution in [-0.4, -0.2) is 20.6 Å². The quantitative estimate of drug-likeness (QED) is 0.355. The second-order valence-corrected chi connectivity index (χ2v) is 8.74. The molecule has 0 radical (unpaired) electrons. The highest BCUT2D eigenvalue weighted by atomic mass is 35.5. The van der Waals surface area contributed by atoms with E-state index in [0.29, 0.717) is 24.4 Å². The zero-order valence-electron chi connectivity index (χ0n) is 16.9. The number of fused-ring (bicyclic) bond motifs is 1. The van der Waals surface area contributed by atoms with Gasteiger partial charge in [0.1, 0.15) is 5.82 Å². The predicted molar refractivity (Wildman–Crippen MR) is 124 cm³/mol. The fourth-order valence-corrected chi connectivity index (χ4v) is 5.03. The third-order valence-corrected chi connectivity index (χ3v) is 6.61. The molecule has 0 fully saturated rings. The first-order valence-electron chi connectivity index (χ1n) is 10.0. The summed E-state index contributed by atoms with van der Waals surface area (Å²) >= 11 is 7.78. The minimum Gasteiger partial charge on any atom is -0.476 e. The van der Waals surface area contributed by atoms with Crippen molar-refractivity contribution in [1.82, 2.24) is 9.55 Å². The number of aryl methyl sites for hydroxylation is 1. The van der Waals surface area contributed by atoms with Gasteiger partial charge in [-0.15, -0.1) is 11.3 Å². The Kier molecular flexibility index (Phi) is 6.08. The number of imidazole rings is 1. The van der Waals surface area contributed by atoms with Crippen LogP contribution in [0.3, 0.4) is 0 Å². The molecule has 0 atom stereocenters. The summed E-state index contributed by atoms with van der Waals surface area (Å²) in [5, 5.41) is 20.1. The highest BCUT2D eigenvalue weighted by molar-refractivity contribution is 7.22. The number of nitriles is 1. The number of unbranched alkanes of at least 4 members (excludes halogenated alkanes) is 1. The molecule has 2 aromatic heterocycles. The zero-order chi connectivity index (χ0) is 22.0. The largest absolute Gasteiger partial charge is 0.476 e. The van der Waals surface area contributed by atoms with Crippen LogP contribution in [0, 0.1) is 11.3 Å². The molecule has 0 unspecified atom stereocenters. The molecule has 1 N–H and O–H groups in total. The fourth-order valence-electron chi connectivity index (χ4n) is 3.67. The molecule has 0 bridgehead atoms. The maximum atomic E-state index is 11.8. The molecule has 4 rings (SSSR count). The van der Waals surface area contributed by atoms with E-state index in [1.54, 1.807) is 15.9 Å². The highest BCUT2D eigenvalue weighted by Gasteiger charge is 2.21. The Hall–Kier alpha value is -3.14. The highest BCUT2D eigenvalue weighted by Crippen LogP contribution is 2.35. The summed E-state index contributed by atoms with van der Waals surface area (Å²) < 4.78 is 2.82. The van der Waals surface area contributed by atoms with E-state index in [9.17, 15) is 15.2 Å². The van der Waals surface area contributed by atoms with E-state index in [2.05, 4.69) is 30.1 Å². The number of carbonyl (C=O) groups is 1. The monoisotopic (exact) mass is 449 g/mol. The van der Waals surface area contributed by atoms with Crippen LogP contribution >= 0.6 is 22.9 Å². The van der Waals surface area contributed by atoms with E-state index in [-0.39, 0.29) is 10.8 Å². The number of hydrogen-bond donors (Lipinski definition) is 1. The Morgan fingerprint density at radius 2 is 2.06 bits per heavy atom. The number of carboxylic acids is 1. The van der Waals surface area contributed by atoms with Gasteiger partial charge in [0.2, 0.25) is 0 Å². The van der Waals surface area contributed by atoms with Crippen molar-refractivity contribution in [1.29, 1.82) is 5.26 Å². The number of hydrogen-bond acceptors (Lipinski definition) is 4. The minimum absolute atomic E-state index is 0.0295. The Labute approximate surface area is 189 Å². The van der Waals surface area contributed by atoms with Gasteiger partial charge in [-0.3, -0.25) is 0 Å². The van der Waals surface area contributed by atoms with Crippen molar-refractivity contribution in [2.45, 2.75) is 32.7 Å². The molecule has 0 saturated carbocycles. The van der Waals surface area contributed by atoms with Crippen molar-refractivity contribution in [3.8, 4) is 16.5 Å². The first kappa shape index (κ1) is 21.1. The van der Waals surface area contributed by atoms with E-state index in [4.69, 9.17) is 11.6 Å². The van der Waals surface area contributed by atoms with Gasteiger partial charge in [-0.05, 0) is 41.6 Å². The van der Waals surface area contributed by atoms with E-state index < -0.39 is 5.97 Å². The third-order valence-electron chi connectivity index (χ3n) is 5.19. The summed E-state index contributed by atoms with van der Waals surface area (Å²) in [5.41, 5.74) is 2.57. The van der Waals surface area contributed by atoms with Gasteiger partial charge in [0, 0.05) is 28.1 Å². The van der Waals surface area contributed by atoms with Crippen molar-refractivity contribution in [3.05, 3.63) is 76.3 Å². The lowest BCUT2D eigenvalue weighted by molar-refractivity contribution is 0.0685. The third kappa shape index (κ3) is 4.20. The second kappa shape index (κ2) is 8.93. The standard InChI is InChI=1S/C24H20ClN3O2S/c1-2-3-8-21-27-23(25)22(24(29)30)28(21)14-15-9-10-19-17(11-15)12-20(31-19)18-7-5-4-6-16(18)13-26/h4-7,9-12H,2-3,8,14H2,1H3,(H,29,30). The Morgan fingerprint density at radius 3 is 2.81 bits per heavy atom. The van der Waals surface area contributed by atoms with E-state index in [0.717, 1.165) is 38.9 Å². The molecule has 2 heterocycles. The molecule has 0 spiro atoms. The molecule has 0 amide bonds. The molecule has 4 aromatic rings. The topological polar surface area (TPSA) is 78.9 Å². The number of nitrogens with zero attached hydrogens (tertiary/aromatic N) is 3. The average molecular weight is 450 g/mol. The number of carboxylic acid groups (broad SMARTS) is 1. The van der Waals surface area contributed by atoms with E-state index in [1.807, 2.05) is 36.4 Å². The van der Waals surface area contributed by atoms with Crippen molar-refractivity contribution in [2.24, 2.45) is 0 Å². The van der Waals surface area contributed by atoms with Crippen LogP contribution < -0.4 is 0 Å².